The van der Waals surface area contributed by atoms with Crippen LogP contribution in [0.3, 0.4) is 0 Å². The first kappa shape index (κ1) is 21.4. The zero-order chi connectivity index (χ0) is 24.0. The molecule has 8 heteroatoms. The van der Waals surface area contributed by atoms with Crippen LogP contribution in [0, 0.1) is 13.8 Å². The van der Waals surface area contributed by atoms with Crippen molar-refractivity contribution >= 4 is 18.1 Å². The topological polar surface area (TPSA) is 118 Å². The van der Waals surface area contributed by atoms with Crippen molar-refractivity contribution in [3.05, 3.63) is 120 Å². The van der Waals surface area contributed by atoms with Gasteiger partial charge in [0.25, 0.3) is 5.56 Å². The van der Waals surface area contributed by atoms with Gasteiger partial charge in [-0.2, -0.15) is 0 Å². The van der Waals surface area contributed by atoms with Gasteiger partial charge < -0.3 is 9.52 Å². The van der Waals surface area contributed by atoms with Crippen molar-refractivity contribution in [2.24, 2.45) is 0 Å². The van der Waals surface area contributed by atoms with Crippen molar-refractivity contribution < 1.29 is 14.3 Å². The standard InChI is InChI=1S/C26H21N3O5/c1-14-3-7-18-16(9-14)5-6-17-10-15(2)4-8-19(17)23(18)20-11-29(26(33)28-24(20)30)12-22-27-21(13-34-22)25(31)32/h3-11,13,23H,12H2,1-2H3,(H,31,32)(H,28,30,33). The lowest BCUT2D eigenvalue weighted by molar-refractivity contribution is 0.0690. The average Bonchev–Trinajstić information content (AvgIpc) is 3.20. The summed E-state index contributed by atoms with van der Waals surface area (Å²) in [6, 6.07) is 12.2. The van der Waals surface area contributed by atoms with Gasteiger partial charge in [0.2, 0.25) is 5.89 Å². The van der Waals surface area contributed by atoms with Crippen LogP contribution >= 0.6 is 0 Å². The number of fused-ring (bicyclic) bond motifs is 2. The van der Waals surface area contributed by atoms with E-state index in [0.29, 0.717) is 5.56 Å². The number of carbonyl (C=O) groups is 1. The summed E-state index contributed by atoms with van der Waals surface area (Å²) in [7, 11) is 0. The zero-order valence-electron chi connectivity index (χ0n) is 18.5. The van der Waals surface area contributed by atoms with Crippen LogP contribution in [0.4, 0.5) is 0 Å². The number of carboxylic acids is 1. The Morgan fingerprint density at radius 2 is 1.65 bits per heavy atom. The van der Waals surface area contributed by atoms with Crippen LogP contribution in [0.15, 0.2) is 62.9 Å². The van der Waals surface area contributed by atoms with E-state index in [0.717, 1.165) is 39.6 Å². The first-order valence-electron chi connectivity index (χ1n) is 10.7. The van der Waals surface area contributed by atoms with Crippen LogP contribution in [0.2, 0.25) is 0 Å². The number of benzene rings is 2. The minimum absolute atomic E-state index is 0.0482. The van der Waals surface area contributed by atoms with Gasteiger partial charge >= 0.3 is 11.7 Å². The highest BCUT2D eigenvalue weighted by molar-refractivity contribution is 5.84. The summed E-state index contributed by atoms with van der Waals surface area (Å²) in [4.78, 5) is 43.1. The van der Waals surface area contributed by atoms with Gasteiger partial charge in [0.1, 0.15) is 12.8 Å². The van der Waals surface area contributed by atoms with Crippen LogP contribution < -0.4 is 11.2 Å². The molecule has 2 aromatic heterocycles. The molecule has 0 unspecified atom stereocenters. The summed E-state index contributed by atoms with van der Waals surface area (Å²) < 4.78 is 6.48. The lowest BCUT2D eigenvalue weighted by Crippen LogP contribution is -2.33. The van der Waals surface area contributed by atoms with Gasteiger partial charge in [0.15, 0.2) is 5.69 Å². The van der Waals surface area contributed by atoms with Crippen LogP contribution in [0.1, 0.15) is 61.2 Å². The second kappa shape index (κ2) is 8.15. The molecule has 0 radical (unpaired) electrons. The maximum atomic E-state index is 13.1. The highest BCUT2D eigenvalue weighted by atomic mass is 16.4. The number of H-pyrrole nitrogens is 1. The predicted octanol–water partition coefficient (Wildman–Crippen LogP) is 3.55. The summed E-state index contributed by atoms with van der Waals surface area (Å²) in [6.45, 7) is 3.91. The second-order valence-electron chi connectivity index (χ2n) is 8.43. The van der Waals surface area contributed by atoms with Crippen molar-refractivity contribution in [2.75, 3.05) is 0 Å². The Hall–Kier alpha value is -4.46. The summed E-state index contributed by atoms with van der Waals surface area (Å²) in [5.41, 5.74) is 5.11. The van der Waals surface area contributed by atoms with E-state index in [-0.39, 0.29) is 18.1 Å². The average molecular weight is 455 g/mol. The van der Waals surface area contributed by atoms with E-state index in [2.05, 4.69) is 22.1 Å². The monoisotopic (exact) mass is 455 g/mol. The largest absolute Gasteiger partial charge is 0.476 e. The summed E-state index contributed by atoms with van der Waals surface area (Å²) in [5.74, 6) is -1.60. The molecule has 0 amide bonds. The highest BCUT2D eigenvalue weighted by Gasteiger charge is 2.27. The molecule has 0 spiro atoms. The molecule has 1 aliphatic carbocycles. The second-order valence-corrected chi connectivity index (χ2v) is 8.43. The third-order valence-corrected chi connectivity index (χ3v) is 5.97. The highest BCUT2D eigenvalue weighted by Crippen LogP contribution is 2.38. The number of hydrogen-bond acceptors (Lipinski definition) is 5. The van der Waals surface area contributed by atoms with E-state index in [4.69, 9.17) is 9.52 Å². The van der Waals surface area contributed by atoms with Gasteiger partial charge in [-0.3, -0.25) is 14.3 Å². The lowest BCUT2D eigenvalue weighted by Gasteiger charge is -2.21. The lowest BCUT2D eigenvalue weighted by atomic mass is 9.82. The normalized spacial score (nSPS) is 12.8. The maximum absolute atomic E-state index is 13.1. The first-order valence-corrected chi connectivity index (χ1v) is 10.7. The molecule has 4 aromatic rings. The molecule has 0 fully saturated rings. The van der Waals surface area contributed by atoms with Crippen molar-refractivity contribution in [3.8, 4) is 0 Å². The van der Waals surface area contributed by atoms with Gasteiger partial charge in [-0.25, -0.2) is 14.6 Å². The predicted molar refractivity (Wildman–Crippen MR) is 126 cm³/mol. The molecule has 2 aromatic carbocycles. The number of carboxylic acid groups (broad SMARTS) is 1. The first-order chi connectivity index (χ1) is 16.3. The fraction of sp³-hybridized carbons (Fsp3) is 0.154. The molecular weight excluding hydrogens is 434 g/mol. The molecule has 34 heavy (non-hydrogen) atoms. The SMILES string of the molecule is Cc1ccc2c(c1)C=Cc1cc(C)ccc1C2c1cn(Cc2nc(C(=O)O)co2)c(=O)[nH]c1=O. The van der Waals surface area contributed by atoms with Gasteiger partial charge in [-0.15, -0.1) is 0 Å². The molecule has 5 rings (SSSR count). The van der Waals surface area contributed by atoms with E-state index in [1.165, 1.54) is 10.8 Å². The number of nitrogens with one attached hydrogen (secondary N) is 1. The van der Waals surface area contributed by atoms with Crippen molar-refractivity contribution in [1.29, 1.82) is 0 Å². The quantitative estimate of drug-likeness (QED) is 0.428. The van der Waals surface area contributed by atoms with Gasteiger partial charge in [-0.1, -0.05) is 59.7 Å². The van der Waals surface area contributed by atoms with E-state index in [1.54, 1.807) is 0 Å². The van der Waals surface area contributed by atoms with Crippen LogP contribution in [0.5, 0.6) is 0 Å². The fourth-order valence-corrected chi connectivity index (χ4v) is 4.36. The Morgan fingerprint density at radius 3 is 2.21 bits per heavy atom. The minimum Gasteiger partial charge on any atom is -0.476 e. The number of rotatable bonds is 4. The summed E-state index contributed by atoms with van der Waals surface area (Å²) >= 11 is 0. The number of oxazole rings is 1. The van der Waals surface area contributed by atoms with Crippen molar-refractivity contribution in [1.82, 2.24) is 14.5 Å². The Kier molecular flexibility index (Phi) is 5.13. The molecule has 0 aliphatic heterocycles. The number of nitrogens with zero attached hydrogens (tertiary/aromatic N) is 2. The third-order valence-electron chi connectivity index (χ3n) is 5.97. The van der Waals surface area contributed by atoms with E-state index in [1.807, 2.05) is 50.3 Å². The molecule has 8 nitrogen and oxygen atoms in total. The molecule has 0 atom stereocenters. The molecule has 1 aliphatic rings. The fourth-order valence-electron chi connectivity index (χ4n) is 4.36. The van der Waals surface area contributed by atoms with Gasteiger partial charge in [0.05, 0.1) is 0 Å². The summed E-state index contributed by atoms with van der Waals surface area (Å²) in [5, 5.41) is 9.08. The maximum Gasteiger partial charge on any atom is 0.357 e. The van der Waals surface area contributed by atoms with E-state index in [9.17, 15) is 14.4 Å². The van der Waals surface area contributed by atoms with Crippen LogP contribution in [0.25, 0.3) is 12.2 Å². The Balaban J connectivity index is 1.69. The van der Waals surface area contributed by atoms with Gasteiger partial charge in [0, 0.05) is 17.7 Å². The smallest absolute Gasteiger partial charge is 0.357 e. The van der Waals surface area contributed by atoms with Crippen molar-refractivity contribution in [3.63, 3.8) is 0 Å². The number of hydrogen-bond donors (Lipinski definition) is 2. The summed E-state index contributed by atoms with van der Waals surface area (Å²) in [6.07, 6.45) is 6.62. The molecule has 2 heterocycles. The Morgan fingerprint density at radius 1 is 1.03 bits per heavy atom. The Bertz CT molecular complexity index is 1530. The minimum atomic E-state index is -1.23. The number of aromatic carboxylic acids is 1. The molecule has 170 valence electrons. The van der Waals surface area contributed by atoms with Gasteiger partial charge in [-0.05, 0) is 36.1 Å². The molecule has 0 saturated carbocycles. The third kappa shape index (κ3) is 3.79. The molecule has 0 saturated heterocycles. The molecular formula is C26H21N3O5. The number of aryl methyl sites for hydroxylation is 2. The van der Waals surface area contributed by atoms with Crippen molar-refractivity contribution in [2.45, 2.75) is 26.3 Å². The Labute approximate surface area is 193 Å². The van der Waals surface area contributed by atoms with Crippen LogP contribution in [-0.4, -0.2) is 25.6 Å². The van der Waals surface area contributed by atoms with Crippen LogP contribution in [-0.2, 0) is 6.54 Å². The number of aromatic nitrogens is 3. The number of aromatic amines is 1. The zero-order valence-corrected chi connectivity index (χ0v) is 18.5. The molecule has 2 N–H and O–H groups in total. The van der Waals surface area contributed by atoms with E-state index < -0.39 is 23.1 Å². The van der Waals surface area contributed by atoms with E-state index >= 15 is 0 Å². The molecule has 0 bridgehead atoms.